The number of hydrogen-bond donors (Lipinski definition) is 2. The molecule has 0 amide bonds. The highest BCUT2D eigenvalue weighted by Gasteiger charge is 2.28. The number of unbranched alkanes of at least 4 members (excludes halogenated alkanes) is 1. The first-order valence-electron chi connectivity index (χ1n) is 8.04. The van der Waals surface area contributed by atoms with E-state index in [4.69, 9.17) is 4.74 Å². The molecule has 0 aromatic heterocycles. The zero-order valence-electron chi connectivity index (χ0n) is 13.4. The van der Waals surface area contributed by atoms with Crippen LogP contribution in [0.5, 0.6) is 0 Å². The SMILES string of the molecule is CCCNCC1CCCN(S(=O)(=O)NCCCCOC)C1. The Bertz CT molecular complexity index is 362. The lowest BCUT2D eigenvalue weighted by molar-refractivity contribution is 0.193. The summed E-state index contributed by atoms with van der Waals surface area (Å²) in [6, 6.07) is 0. The Labute approximate surface area is 129 Å². The molecule has 0 radical (unpaired) electrons. The van der Waals surface area contributed by atoms with Crippen LogP contribution in [0.1, 0.15) is 39.0 Å². The summed E-state index contributed by atoms with van der Waals surface area (Å²) in [6.45, 7) is 6.48. The summed E-state index contributed by atoms with van der Waals surface area (Å²) >= 11 is 0. The van der Waals surface area contributed by atoms with E-state index in [-0.39, 0.29) is 0 Å². The number of nitrogens with zero attached hydrogens (tertiary/aromatic N) is 1. The van der Waals surface area contributed by atoms with Gasteiger partial charge in [-0.1, -0.05) is 6.92 Å². The summed E-state index contributed by atoms with van der Waals surface area (Å²) in [5.74, 6) is 0.426. The van der Waals surface area contributed by atoms with Crippen molar-refractivity contribution >= 4 is 10.2 Å². The molecule has 0 bridgehead atoms. The van der Waals surface area contributed by atoms with Crippen LogP contribution >= 0.6 is 0 Å². The minimum Gasteiger partial charge on any atom is -0.385 e. The number of hydrogen-bond acceptors (Lipinski definition) is 4. The first-order valence-corrected chi connectivity index (χ1v) is 9.48. The van der Waals surface area contributed by atoms with Crippen LogP contribution in [0.2, 0.25) is 0 Å². The molecule has 1 saturated heterocycles. The van der Waals surface area contributed by atoms with Gasteiger partial charge in [-0.05, 0) is 51.1 Å². The van der Waals surface area contributed by atoms with Crippen LogP contribution in [0.15, 0.2) is 0 Å². The van der Waals surface area contributed by atoms with Gasteiger partial charge in [0.05, 0.1) is 0 Å². The molecule has 7 heteroatoms. The predicted molar refractivity (Wildman–Crippen MR) is 85.5 cm³/mol. The van der Waals surface area contributed by atoms with Crippen molar-refractivity contribution in [1.82, 2.24) is 14.3 Å². The highest BCUT2D eigenvalue weighted by molar-refractivity contribution is 7.87. The van der Waals surface area contributed by atoms with Crippen LogP contribution in [-0.2, 0) is 14.9 Å². The lowest BCUT2D eigenvalue weighted by Crippen LogP contribution is -2.47. The fourth-order valence-electron chi connectivity index (χ4n) is 2.56. The molecule has 2 N–H and O–H groups in total. The predicted octanol–water partition coefficient (Wildman–Crippen LogP) is 0.959. The Morgan fingerprint density at radius 3 is 2.81 bits per heavy atom. The molecule has 1 unspecified atom stereocenters. The molecule has 1 fully saturated rings. The largest absolute Gasteiger partial charge is 0.385 e. The third-order valence-corrected chi connectivity index (χ3v) is 5.32. The van der Waals surface area contributed by atoms with Gasteiger partial charge in [-0.2, -0.15) is 12.7 Å². The van der Waals surface area contributed by atoms with E-state index in [0.29, 0.717) is 32.2 Å². The van der Waals surface area contributed by atoms with Crippen LogP contribution in [-0.4, -0.2) is 59.2 Å². The Morgan fingerprint density at radius 2 is 2.10 bits per heavy atom. The first kappa shape index (κ1) is 18.8. The summed E-state index contributed by atoms with van der Waals surface area (Å²) in [4.78, 5) is 0. The van der Waals surface area contributed by atoms with Gasteiger partial charge in [-0.25, -0.2) is 4.72 Å². The lowest BCUT2D eigenvalue weighted by Gasteiger charge is -2.32. The van der Waals surface area contributed by atoms with Crippen LogP contribution in [0, 0.1) is 5.92 Å². The number of ether oxygens (including phenoxy) is 1. The third kappa shape index (κ3) is 7.56. The average molecular weight is 321 g/mol. The quantitative estimate of drug-likeness (QED) is 0.556. The van der Waals surface area contributed by atoms with Crippen molar-refractivity contribution < 1.29 is 13.2 Å². The van der Waals surface area contributed by atoms with E-state index in [1.807, 2.05) is 0 Å². The molecule has 0 aliphatic carbocycles. The van der Waals surface area contributed by atoms with Gasteiger partial charge >= 0.3 is 0 Å². The molecule has 1 rings (SSSR count). The summed E-state index contributed by atoms with van der Waals surface area (Å²) < 4.78 is 33.8. The normalized spacial score (nSPS) is 20.8. The van der Waals surface area contributed by atoms with Crippen LogP contribution < -0.4 is 10.0 Å². The molecule has 0 aromatic carbocycles. The van der Waals surface area contributed by atoms with Crippen LogP contribution in [0.25, 0.3) is 0 Å². The molecule has 1 aliphatic heterocycles. The van der Waals surface area contributed by atoms with Gasteiger partial charge in [0.15, 0.2) is 0 Å². The van der Waals surface area contributed by atoms with Crippen molar-refractivity contribution in [3.63, 3.8) is 0 Å². The highest BCUT2D eigenvalue weighted by Crippen LogP contribution is 2.18. The molecular formula is C14H31N3O3S. The number of methoxy groups -OCH3 is 1. The van der Waals surface area contributed by atoms with Gasteiger partial charge in [0.25, 0.3) is 10.2 Å². The fraction of sp³-hybridized carbons (Fsp3) is 1.00. The van der Waals surface area contributed by atoms with Crippen molar-refractivity contribution in [1.29, 1.82) is 0 Å². The van der Waals surface area contributed by atoms with Crippen LogP contribution in [0.3, 0.4) is 0 Å². The van der Waals surface area contributed by atoms with Crippen LogP contribution in [0.4, 0.5) is 0 Å². The van der Waals surface area contributed by atoms with Gasteiger partial charge in [0.1, 0.15) is 0 Å². The Kier molecular flexibility index (Phi) is 9.42. The van der Waals surface area contributed by atoms with E-state index >= 15 is 0 Å². The van der Waals surface area contributed by atoms with E-state index in [1.54, 1.807) is 11.4 Å². The number of nitrogens with one attached hydrogen (secondary N) is 2. The molecule has 1 atom stereocenters. The zero-order valence-corrected chi connectivity index (χ0v) is 14.3. The second-order valence-corrected chi connectivity index (χ2v) is 7.42. The van der Waals surface area contributed by atoms with Crippen molar-refractivity contribution in [3.05, 3.63) is 0 Å². The van der Waals surface area contributed by atoms with E-state index < -0.39 is 10.2 Å². The van der Waals surface area contributed by atoms with E-state index in [9.17, 15) is 8.42 Å². The second-order valence-electron chi connectivity index (χ2n) is 5.67. The molecular weight excluding hydrogens is 290 g/mol. The molecule has 1 heterocycles. The summed E-state index contributed by atoms with van der Waals surface area (Å²) in [5.41, 5.74) is 0. The van der Waals surface area contributed by atoms with E-state index in [1.165, 1.54) is 0 Å². The van der Waals surface area contributed by atoms with Crippen molar-refractivity contribution in [2.75, 3.05) is 46.4 Å². The van der Waals surface area contributed by atoms with Gasteiger partial charge in [0, 0.05) is 33.4 Å². The average Bonchev–Trinajstić information content (AvgIpc) is 2.48. The van der Waals surface area contributed by atoms with Gasteiger partial charge in [0.2, 0.25) is 0 Å². The molecule has 1 aliphatic rings. The van der Waals surface area contributed by atoms with Gasteiger partial charge in [-0.15, -0.1) is 0 Å². The molecule has 6 nitrogen and oxygen atoms in total. The molecule has 0 saturated carbocycles. The molecule has 0 spiro atoms. The van der Waals surface area contributed by atoms with Crippen molar-refractivity contribution in [2.45, 2.75) is 39.0 Å². The maximum absolute atomic E-state index is 12.3. The van der Waals surface area contributed by atoms with E-state index in [2.05, 4.69) is 17.0 Å². The zero-order chi connectivity index (χ0) is 15.6. The standard InChI is InChI=1S/C14H31N3O3S/c1-3-8-15-12-14-7-6-10-17(13-14)21(18,19)16-9-4-5-11-20-2/h14-16H,3-13H2,1-2H3. The minimum absolute atomic E-state index is 0.426. The number of rotatable bonds is 11. The minimum atomic E-state index is -3.32. The smallest absolute Gasteiger partial charge is 0.279 e. The molecule has 21 heavy (non-hydrogen) atoms. The maximum Gasteiger partial charge on any atom is 0.279 e. The van der Waals surface area contributed by atoms with Gasteiger partial charge in [-0.3, -0.25) is 0 Å². The monoisotopic (exact) mass is 321 g/mol. The summed E-state index contributed by atoms with van der Waals surface area (Å²) in [6.07, 6.45) is 4.85. The first-order chi connectivity index (χ1) is 10.1. The molecule has 0 aromatic rings. The second kappa shape index (κ2) is 10.5. The Hall–Kier alpha value is -0.210. The summed E-state index contributed by atoms with van der Waals surface area (Å²) in [7, 11) is -1.66. The van der Waals surface area contributed by atoms with Gasteiger partial charge < -0.3 is 10.1 Å². The van der Waals surface area contributed by atoms with E-state index in [0.717, 1.165) is 45.2 Å². The Morgan fingerprint density at radius 1 is 1.29 bits per heavy atom. The topological polar surface area (TPSA) is 70.7 Å². The number of piperidine rings is 1. The third-order valence-electron chi connectivity index (χ3n) is 3.74. The Balaban J connectivity index is 2.32. The lowest BCUT2D eigenvalue weighted by atomic mass is 10.00. The molecule has 126 valence electrons. The summed E-state index contributed by atoms with van der Waals surface area (Å²) in [5, 5.41) is 3.39. The highest BCUT2D eigenvalue weighted by atomic mass is 32.2. The maximum atomic E-state index is 12.3. The van der Waals surface area contributed by atoms with Crippen molar-refractivity contribution in [2.24, 2.45) is 5.92 Å². The fourth-order valence-corrected chi connectivity index (χ4v) is 3.92. The van der Waals surface area contributed by atoms with Crippen molar-refractivity contribution in [3.8, 4) is 0 Å².